The fourth-order valence-corrected chi connectivity index (χ4v) is 1.48. The Morgan fingerprint density at radius 2 is 2.15 bits per heavy atom. The molecule has 1 unspecified atom stereocenters. The van der Waals surface area contributed by atoms with Gasteiger partial charge in [0.2, 0.25) is 0 Å². The van der Waals surface area contributed by atoms with Crippen molar-refractivity contribution in [3.63, 3.8) is 0 Å². The lowest BCUT2D eigenvalue weighted by molar-refractivity contribution is 0.555. The molecule has 1 N–H and O–H groups in total. The number of hydrogen-bond donors (Lipinski definition) is 1. The van der Waals surface area contributed by atoms with E-state index < -0.39 is 0 Å². The molecule has 0 saturated carbocycles. The molecule has 0 aromatic heterocycles. The first-order chi connectivity index (χ1) is 6.45. The van der Waals surface area contributed by atoms with Crippen molar-refractivity contribution in [3.05, 3.63) is 35.9 Å². The van der Waals surface area contributed by atoms with Gasteiger partial charge in [-0.05, 0) is 12.0 Å². The molecule has 1 aromatic rings. The second-order valence-corrected chi connectivity index (χ2v) is 3.35. The molecule has 1 aromatic carbocycles. The summed E-state index contributed by atoms with van der Waals surface area (Å²) in [6.07, 6.45) is 3.08. The van der Waals surface area contributed by atoms with Crippen LogP contribution in [0.5, 0.6) is 0 Å². The van der Waals surface area contributed by atoms with E-state index in [9.17, 15) is 0 Å². The Morgan fingerprint density at radius 1 is 1.31 bits per heavy atom. The Bertz CT molecular complexity index is 271. The molecular weight excluding hydrogens is 160 g/mol. The van der Waals surface area contributed by atoms with E-state index in [-0.39, 0.29) is 0 Å². The first kappa shape index (κ1) is 8.45. The van der Waals surface area contributed by atoms with Crippen molar-refractivity contribution in [1.29, 1.82) is 0 Å². The minimum Gasteiger partial charge on any atom is -0.308 e. The molecule has 2 rings (SSSR count). The van der Waals surface area contributed by atoms with Crippen LogP contribution in [0.2, 0.25) is 0 Å². The molecule has 1 heterocycles. The highest BCUT2D eigenvalue weighted by Gasteiger charge is 2.09. The lowest BCUT2D eigenvalue weighted by Crippen LogP contribution is -2.28. The number of benzene rings is 1. The van der Waals surface area contributed by atoms with Gasteiger partial charge in [-0.15, -0.1) is 0 Å². The van der Waals surface area contributed by atoms with Crippen molar-refractivity contribution in [2.24, 2.45) is 4.99 Å². The molecule has 2 heteroatoms. The summed E-state index contributed by atoms with van der Waals surface area (Å²) in [6, 6.07) is 11.0. The van der Waals surface area contributed by atoms with E-state index in [4.69, 9.17) is 0 Å². The summed E-state index contributed by atoms with van der Waals surface area (Å²) in [7, 11) is 0. The van der Waals surface area contributed by atoms with E-state index in [0.717, 1.165) is 19.5 Å². The first-order valence-corrected chi connectivity index (χ1v) is 4.71. The average molecular weight is 174 g/mol. The minimum atomic E-state index is 0.556. The van der Waals surface area contributed by atoms with Crippen molar-refractivity contribution in [1.82, 2.24) is 5.32 Å². The highest BCUT2D eigenvalue weighted by atomic mass is 15.0. The molecule has 0 amide bonds. The van der Waals surface area contributed by atoms with Crippen LogP contribution in [0.15, 0.2) is 35.3 Å². The Kier molecular flexibility index (Phi) is 2.72. The zero-order valence-corrected chi connectivity index (χ0v) is 7.61. The first-order valence-electron chi connectivity index (χ1n) is 4.71. The smallest absolute Gasteiger partial charge is 0.0542 e. The normalized spacial score (nSPS) is 20.8. The van der Waals surface area contributed by atoms with Gasteiger partial charge in [0.25, 0.3) is 0 Å². The summed E-state index contributed by atoms with van der Waals surface area (Å²) in [5.74, 6) is 0. The number of nitrogens with one attached hydrogen (secondary N) is 1. The fourth-order valence-electron chi connectivity index (χ4n) is 1.48. The standard InChI is InChI=1S/C11H14N2/c1-2-4-10(5-3-1)8-13-11-6-7-12-9-11/h1-5,7,11,13H,6,8-9H2. The molecule has 0 aliphatic carbocycles. The molecule has 0 fully saturated rings. The average Bonchev–Trinajstić information content (AvgIpc) is 2.69. The molecule has 68 valence electrons. The molecule has 0 spiro atoms. The number of rotatable bonds is 3. The third-order valence-corrected chi connectivity index (χ3v) is 2.28. The predicted octanol–water partition coefficient (Wildman–Crippen LogP) is 1.62. The Morgan fingerprint density at radius 3 is 2.85 bits per heavy atom. The summed E-state index contributed by atoms with van der Waals surface area (Å²) in [5.41, 5.74) is 1.34. The van der Waals surface area contributed by atoms with E-state index >= 15 is 0 Å². The van der Waals surface area contributed by atoms with Crippen molar-refractivity contribution < 1.29 is 0 Å². The molecule has 1 aliphatic heterocycles. The number of hydrogen-bond acceptors (Lipinski definition) is 2. The van der Waals surface area contributed by atoms with Crippen LogP contribution in [0.1, 0.15) is 12.0 Å². The van der Waals surface area contributed by atoms with Crippen LogP contribution < -0.4 is 5.32 Å². The molecular formula is C11H14N2. The van der Waals surface area contributed by atoms with Gasteiger partial charge in [0.1, 0.15) is 0 Å². The SMILES string of the molecule is C1=NCC(NCc2ccccc2)C1. The summed E-state index contributed by atoms with van der Waals surface area (Å²) in [6.45, 7) is 1.89. The maximum atomic E-state index is 4.19. The van der Waals surface area contributed by atoms with Gasteiger partial charge >= 0.3 is 0 Å². The van der Waals surface area contributed by atoms with Crippen LogP contribution in [0.25, 0.3) is 0 Å². The maximum absolute atomic E-state index is 4.19. The topological polar surface area (TPSA) is 24.4 Å². The van der Waals surface area contributed by atoms with Crippen LogP contribution in [-0.2, 0) is 6.54 Å². The van der Waals surface area contributed by atoms with Gasteiger partial charge in [0, 0.05) is 18.8 Å². The Balaban J connectivity index is 1.80. The highest BCUT2D eigenvalue weighted by molar-refractivity contribution is 5.60. The van der Waals surface area contributed by atoms with Gasteiger partial charge in [0.05, 0.1) is 6.54 Å². The van der Waals surface area contributed by atoms with Crippen LogP contribution in [-0.4, -0.2) is 18.8 Å². The zero-order chi connectivity index (χ0) is 8.93. The summed E-state index contributed by atoms with van der Waals surface area (Å²) >= 11 is 0. The quantitative estimate of drug-likeness (QED) is 0.739. The van der Waals surface area contributed by atoms with E-state index in [1.807, 2.05) is 12.3 Å². The van der Waals surface area contributed by atoms with Crippen LogP contribution in [0.3, 0.4) is 0 Å². The van der Waals surface area contributed by atoms with Crippen molar-refractivity contribution in [3.8, 4) is 0 Å². The van der Waals surface area contributed by atoms with Crippen LogP contribution >= 0.6 is 0 Å². The lowest BCUT2D eigenvalue weighted by atomic mass is 10.2. The molecule has 0 bridgehead atoms. The molecule has 0 radical (unpaired) electrons. The largest absolute Gasteiger partial charge is 0.308 e. The Labute approximate surface area is 78.7 Å². The van der Waals surface area contributed by atoms with E-state index in [0.29, 0.717) is 6.04 Å². The van der Waals surface area contributed by atoms with Gasteiger partial charge in [-0.3, -0.25) is 4.99 Å². The second kappa shape index (κ2) is 4.19. The van der Waals surface area contributed by atoms with Gasteiger partial charge in [-0.25, -0.2) is 0 Å². The minimum absolute atomic E-state index is 0.556. The van der Waals surface area contributed by atoms with Gasteiger partial charge in [-0.1, -0.05) is 30.3 Å². The monoisotopic (exact) mass is 174 g/mol. The van der Waals surface area contributed by atoms with E-state index in [1.54, 1.807) is 0 Å². The van der Waals surface area contributed by atoms with Crippen LogP contribution in [0, 0.1) is 0 Å². The fraction of sp³-hybridized carbons (Fsp3) is 0.364. The van der Waals surface area contributed by atoms with Gasteiger partial charge in [-0.2, -0.15) is 0 Å². The van der Waals surface area contributed by atoms with Gasteiger partial charge < -0.3 is 5.32 Å². The molecule has 1 aliphatic rings. The number of aliphatic imine (C=N–C) groups is 1. The van der Waals surface area contributed by atoms with Crippen molar-refractivity contribution >= 4 is 6.21 Å². The predicted molar refractivity (Wildman–Crippen MR) is 55.0 cm³/mol. The summed E-state index contributed by atoms with van der Waals surface area (Å²) in [4.78, 5) is 4.19. The molecule has 0 saturated heterocycles. The lowest BCUT2D eigenvalue weighted by Gasteiger charge is -2.10. The number of nitrogens with zero attached hydrogens (tertiary/aromatic N) is 1. The van der Waals surface area contributed by atoms with E-state index in [1.165, 1.54) is 5.56 Å². The molecule has 13 heavy (non-hydrogen) atoms. The highest BCUT2D eigenvalue weighted by Crippen LogP contribution is 2.02. The summed E-state index contributed by atoms with van der Waals surface area (Å²) in [5, 5.41) is 3.47. The van der Waals surface area contributed by atoms with Crippen molar-refractivity contribution in [2.75, 3.05) is 6.54 Å². The second-order valence-electron chi connectivity index (χ2n) is 3.35. The van der Waals surface area contributed by atoms with E-state index in [2.05, 4.69) is 34.6 Å². The molecule has 1 atom stereocenters. The Hall–Kier alpha value is -1.15. The summed E-state index contributed by atoms with van der Waals surface area (Å²) < 4.78 is 0. The maximum Gasteiger partial charge on any atom is 0.0542 e. The van der Waals surface area contributed by atoms with Crippen LogP contribution in [0.4, 0.5) is 0 Å². The van der Waals surface area contributed by atoms with Crippen molar-refractivity contribution in [2.45, 2.75) is 19.0 Å². The third-order valence-electron chi connectivity index (χ3n) is 2.28. The van der Waals surface area contributed by atoms with Gasteiger partial charge in [0.15, 0.2) is 0 Å². The molecule has 2 nitrogen and oxygen atoms in total. The zero-order valence-electron chi connectivity index (χ0n) is 7.61. The third kappa shape index (κ3) is 2.39.